The number of benzene rings is 1. The predicted molar refractivity (Wildman–Crippen MR) is 110 cm³/mol. The Bertz CT molecular complexity index is 1120. The zero-order chi connectivity index (χ0) is 21.6. The van der Waals surface area contributed by atoms with Gasteiger partial charge in [0.15, 0.2) is 11.4 Å². The number of amides is 1. The maximum Gasteiger partial charge on any atom is 0.270 e. The van der Waals surface area contributed by atoms with E-state index in [-0.39, 0.29) is 29.5 Å². The van der Waals surface area contributed by atoms with Gasteiger partial charge in [0.25, 0.3) is 5.91 Å². The highest BCUT2D eigenvalue weighted by atomic mass is 19.1. The molecule has 0 bridgehead atoms. The minimum absolute atomic E-state index is 0.0814. The van der Waals surface area contributed by atoms with Crippen molar-refractivity contribution in [2.45, 2.75) is 53.2 Å². The van der Waals surface area contributed by atoms with Gasteiger partial charge in [-0.2, -0.15) is 0 Å². The Balaban J connectivity index is 1.66. The molecular weight excluding hydrogens is 388 g/mol. The van der Waals surface area contributed by atoms with E-state index in [1.165, 1.54) is 18.2 Å². The first-order chi connectivity index (χ1) is 14.2. The third-order valence-electron chi connectivity index (χ3n) is 5.97. The van der Waals surface area contributed by atoms with Crippen LogP contribution in [0.4, 0.5) is 8.78 Å². The Morgan fingerprint density at radius 3 is 2.60 bits per heavy atom. The highest BCUT2D eigenvalue weighted by Gasteiger charge is 2.40. The topological polar surface area (TPSA) is 55.6 Å². The van der Waals surface area contributed by atoms with E-state index in [1.807, 2.05) is 13.1 Å². The molecule has 3 aromatic rings. The summed E-state index contributed by atoms with van der Waals surface area (Å²) in [5.74, 6) is -1.15. The molecule has 1 atom stereocenters. The van der Waals surface area contributed by atoms with E-state index in [0.717, 1.165) is 18.4 Å². The number of carbonyl (C=O) groups excluding carboxylic acids is 1. The van der Waals surface area contributed by atoms with Gasteiger partial charge in [-0.25, -0.2) is 13.8 Å². The number of carbonyl (C=O) groups is 1. The average molecular weight is 413 g/mol. The van der Waals surface area contributed by atoms with Crippen molar-refractivity contribution in [3.63, 3.8) is 0 Å². The quantitative estimate of drug-likeness (QED) is 0.658. The average Bonchev–Trinajstić information content (AvgIpc) is 3.00. The maximum absolute atomic E-state index is 13.9. The summed E-state index contributed by atoms with van der Waals surface area (Å²) in [5.41, 5.74) is 2.22. The molecule has 0 saturated heterocycles. The number of fused-ring (bicyclic) bond motifs is 1. The van der Waals surface area contributed by atoms with E-state index in [0.29, 0.717) is 22.8 Å². The minimum Gasteiger partial charge on any atom is -0.485 e. The summed E-state index contributed by atoms with van der Waals surface area (Å²) in [6.07, 6.45) is 3.84. The van der Waals surface area contributed by atoms with E-state index in [4.69, 9.17) is 4.74 Å². The van der Waals surface area contributed by atoms with Gasteiger partial charge in [0, 0.05) is 12.2 Å². The number of nitrogens with one attached hydrogen (secondary N) is 1. The van der Waals surface area contributed by atoms with Crippen molar-refractivity contribution in [2.75, 3.05) is 0 Å². The standard InChI is InChI=1S/C23H25F2N3O2/c1-13-10-18(30-12-15-16(24)6-5-7-17(15)25)21-26-14(2)20(28(21)11-13)22(29)27-19-8-9-23(19,3)4/h5-7,10-11,19H,8-9,12H2,1-4H3,(H,27,29). The predicted octanol–water partition coefficient (Wildman–Crippen LogP) is 4.73. The lowest BCUT2D eigenvalue weighted by Crippen LogP contribution is -2.52. The van der Waals surface area contributed by atoms with Gasteiger partial charge in [-0.3, -0.25) is 9.20 Å². The van der Waals surface area contributed by atoms with Crippen LogP contribution in [-0.2, 0) is 6.61 Å². The Morgan fingerprint density at radius 2 is 2.00 bits per heavy atom. The second kappa shape index (κ2) is 7.38. The Hall–Kier alpha value is -2.96. The van der Waals surface area contributed by atoms with Crippen LogP contribution in [0.1, 0.15) is 54.0 Å². The smallest absolute Gasteiger partial charge is 0.270 e. The number of aromatic nitrogens is 2. The van der Waals surface area contributed by atoms with E-state index in [9.17, 15) is 13.6 Å². The molecule has 1 aromatic carbocycles. The van der Waals surface area contributed by atoms with Crippen molar-refractivity contribution in [3.8, 4) is 5.75 Å². The fourth-order valence-electron chi connectivity index (χ4n) is 3.92. The lowest BCUT2D eigenvalue weighted by molar-refractivity contribution is 0.0726. The number of rotatable bonds is 5. The summed E-state index contributed by atoms with van der Waals surface area (Å²) in [5, 5.41) is 3.11. The van der Waals surface area contributed by atoms with Crippen LogP contribution in [0, 0.1) is 30.9 Å². The molecule has 7 heteroatoms. The second-order valence-corrected chi connectivity index (χ2v) is 8.66. The monoisotopic (exact) mass is 413 g/mol. The fourth-order valence-corrected chi connectivity index (χ4v) is 3.92. The van der Waals surface area contributed by atoms with Gasteiger partial charge in [0.2, 0.25) is 0 Å². The van der Waals surface area contributed by atoms with Gasteiger partial charge in [-0.15, -0.1) is 0 Å². The van der Waals surface area contributed by atoms with Crippen molar-refractivity contribution in [1.82, 2.24) is 14.7 Å². The van der Waals surface area contributed by atoms with Gasteiger partial charge in [-0.05, 0) is 55.9 Å². The van der Waals surface area contributed by atoms with Gasteiger partial charge in [-0.1, -0.05) is 19.9 Å². The SMILES string of the molecule is Cc1cc(OCc2c(F)cccc2F)c2nc(C)c(C(=O)NC3CCC3(C)C)n2c1. The number of ether oxygens (including phenoxy) is 1. The van der Waals surface area contributed by atoms with Crippen molar-refractivity contribution in [2.24, 2.45) is 5.41 Å². The summed E-state index contributed by atoms with van der Waals surface area (Å²) in [6.45, 7) is 7.63. The molecule has 4 rings (SSSR count). The molecule has 1 aliphatic carbocycles. The molecule has 1 N–H and O–H groups in total. The molecule has 2 aromatic heterocycles. The van der Waals surface area contributed by atoms with Crippen LogP contribution >= 0.6 is 0 Å². The molecule has 0 aliphatic heterocycles. The van der Waals surface area contributed by atoms with Gasteiger partial charge in [0.1, 0.15) is 23.9 Å². The summed E-state index contributed by atoms with van der Waals surface area (Å²) in [6, 6.07) is 5.57. The van der Waals surface area contributed by atoms with Crippen LogP contribution in [0.25, 0.3) is 5.65 Å². The van der Waals surface area contributed by atoms with E-state index < -0.39 is 11.6 Å². The summed E-state index contributed by atoms with van der Waals surface area (Å²) < 4.78 is 35.3. The molecule has 5 nitrogen and oxygen atoms in total. The summed E-state index contributed by atoms with van der Waals surface area (Å²) in [7, 11) is 0. The van der Waals surface area contributed by atoms with Crippen LogP contribution in [0.3, 0.4) is 0 Å². The highest BCUT2D eigenvalue weighted by molar-refractivity contribution is 5.95. The number of aryl methyl sites for hydroxylation is 2. The van der Waals surface area contributed by atoms with E-state index in [1.54, 1.807) is 17.4 Å². The molecular formula is C23H25F2N3O2. The summed E-state index contributed by atoms with van der Waals surface area (Å²) in [4.78, 5) is 17.5. The normalized spacial score (nSPS) is 17.6. The van der Waals surface area contributed by atoms with Crippen molar-refractivity contribution >= 4 is 11.6 Å². The Morgan fingerprint density at radius 1 is 1.30 bits per heavy atom. The van der Waals surface area contributed by atoms with Crippen molar-refractivity contribution in [1.29, 1.82) is 0 Å². The van der Waals surface area contributed by atoms with Crippen LogP contribution < -0.4 is 10.1 Å². The van der Waals surface area contributed by atoms with Crippen molar-refractivity contribution < 1.29 is 18.3 Å². The zero-order valence-electron chi connectivity index (χ0n) is 17.6. The summed E-state index contributed by atoms with van der Waals surface area (Å²) >= 11 is 0. The third-order valence-corrected chi connectivity index (χ3v) is 5.97. The molecule has 1 aliphatic rings. The van der Waals surface area contributed by atoms with Gasteiger partial charge in [0.05, 0.1) is 11.3 Å². The molecule has 1 fully saturated rings. The number of nitrogens with zero attached hydrogens (tertiary/aromatic N) is 2. The number of hydrogen-bond acceptors (Lipinski definition) is 3. The Kier molecular flexibility index (Phi) is 5.00. The van der Waals surface area contributed by atoms with Crippen LogP contribution in [0.2, 0.25) is 0 Å². The number of pyridine rings is 1. The minimum atomic E-state index is -0.665. The fraction of sp³-hybridized carbons (Fsp3) is 0.391. The third kappa shape index (κ3) is 3.53. The van der Waals surface area contributed by atoms with Crippen molar-refractivity contribution in [3.05, 3.63) is 64.6 Å². The first-order valence-electron chi connectivity index (χ1n) is 10.0. The molecule has 0 radical (unpaired) electrons. The lowest BCUT2D eigenvalue weighted by Gasteiger charge is -2.44. The molecule has 1 amide bonds. The maximum atomic E-state index is 13.9. The molecule has 30 heavy (non-hydrogen) atoms. The van der Waals surface area contributed by atoms with Crippen LogP contribution in [0.15, 0.2) is 30.5 Å². The molecule has 1 unspecified atom stereocenters. The largest absolute Gasteiger partial charge is 0.485 e. The molecule has 2 heterocycles. The Labute approximate surface area is 174 Å². The van der Waals surface area contributed by atoms with Gasteiger partial charge < -0.3 is 10.1 Å². The highest BCUT2D eigenvalue weighted by Crippen LogP contribution is 2.40. The van der Waals surface area contributed by atoms with Crippen LogP contribution in [0.5, 0.6) is 5.75 Å². The zero-order valence-corrected chi connectivity index (χ0v) is 17.6. The van der Waals surface area contributed by atoms with Gasteiger partial charge >= 0.3 is 0 Å². The first kappa shape index (κ1) is 20.3. The van der Waals surface area contributed by atoms with Crippen LogP contribution in [-0.4, -0.2) is 21.3 Å². The first-order valence-corrected chi connectivity index (χ1v) is 10.0. The number of hydrogen-bond donors (Lipinski definition) is 1. The van der Waals surface area contributed by atoms with E-state index >= 15 is 0 Å². The molecule has 1 saturated carbocycles. The lowest BCUT2D eigenvalue weighted by atomic mass is 9.67. The second-order valence-electron chi connectivity index (χ2n) is 8.66. The number of imidazole rings is 1. The molecule has 0 spiro atoms. The number of halogens is 2. The van der Waals surface area contributed by atoms with E-state index in [2.05, 4.69) is 24.1 Å². The molecule has 158 valence electrons.